The zero-order valence-electron chi connectivity index (χ0n) is 10.8. The molecule has 0 aliphatic heterocycles. The second kappa shape index (κ2) is 7.16. The van der Waals surface area contributed by atoms with Crippen LogP contribution in [0.1, 0.15) is 27.7 Å². The Morgan fingerprint density at radius 3 is 2.00 bits per heavy atom. The molecular formula is C10H19NO5S. The molecule has 0 saturated carbocycles. The normalized spacial score (nSPS) is 13.7. The summed E-state index contributed by atoms with van der Waals surface area (Å²) in [4.78, 5) is 29.9. The van der Waals surface area contributed by atoms with Gasteiger partial charge in [0.2, 0.25) is 0 Å². The van der Waals surface area contributed by atoms with E-state index in [4.69, 9.17) is 9.53 Å². The van der Waals surface area contributed by atoms with Crippen LogP contribution in [0.15, 0.2) is 4.36 Å². The number of amides is 1. The molecule has 0 aromatic rings. The molecule has 17 heavy (non-hydrogen) atoms. The second-order valence-corrected chi connectivity index (χ2v) is 6.77. The third-order valence-electron chi connectivity index (χ3n) is 1.13. The Balaban J connectivity index is 0. The van der Waals surface area contributed by atoms with E-state index in [0.717, 1.165) is 0 Å². The third-order valence-corrected chi connectivity index (χ3v) is 2.61. The lowest BCUT2D eigenvalue weighted by Gasteiger charge is -2.17. The van der Waals surface area contributed by atoms with E-state index in [1.807, 2.05) is 6.79 Å². The number of nitrogens with zero attached hydrogens (tertiary/aromatic N) is 1. The maximum atomic E-state index is 11.6. The molecule has 7 heteroatoms. The van der Waals surface area contributed by atoms with Gasteiger partial charge < -0.3 is 9.53 Å². The Labute approximate surface area is 102 Å². The molecule has 1 atom stereocenters. The van der Waals surface area contributed by atoms with Crippen LogP contribution in [0.25, 0.3) is 0 Å². The molecule has 0 rings (SSSR count). The number of ketones is 1. The molecule has 0 aromatic carbocycles. The van der Waals surface area contributed by atoms with Crippen molar-refractivity contribution in [3.8, 4) is 0 Å². The second-order valence-electron chi connectivity index (χ2n) is 4.38. The van der Waals surface area contributed by atoms with Crippen LogP contribution in [0.3, 0.4) is 0 Å². The van der Waals surface area contributed by atoms with Crippen LogP contribution in [0.5, 0.6) is 0 Å². The van der Waals surface area contributed by atoms with E-state index in [1.54, 1.807) is 20.8 Å². The topological polar surface area (TPSA) is 89.9 Å². The molecule has 0 saturated heterocycles. The highest BCUT2D eigenvalue weighted by Crippen LogP contribution is 2.09. The van der Waals surface area contributed by atoms with Gasteiger partial charge in [-0.15, -0.1) is 4.36 Å². The summed E-state index contributed by atoms with van der Waals surface area (Å²) in [6, 6.07) is 0. The van der Waals surface area contributed by atoms with Gasteiger partial charge >= 0.3 is 6.09 Å². The average molecular weight is 265 g/mol. The molecule has 0 spiro atoms. The number of carbonyl (C=O) groups excluding carboxylic acids is 3. The number of hydrogen-bond donors (Lipinski definition) is 0. The minimum absolute atomic E-state index is 0.230. The maximum Gasteiger partial charge on any atom is 0.442 e. The Morgan fingerprint density at radius 2 is 1.71 bits per heavy atom. The lowest BCUT2D eigenvalue weighted by Crippen LogP contribution is -2.23. The molecule has 0 heterocycles. The summed E-state index contributed by atoms with van der Waals surface area (Å²) in [6.45, 7) is 8.35. The molecule has 0 N–H and O–H groups in total. The fourth-order valence-electron chi connectivity index (χ4n) is 0.848. The fourth-order valence-corrected chi connectivity index (χ4v) is 2.02. The van der Waals surface area contributed by atoms with E-state index < -0.39 is 21.4 Å². The molecule has 0 bridgehead atoms. The number of Topliss-reactive ketones (excluding diaryl/α,β-unsaturated/α-hetero) is 1. The first-order chi connectivity index (χ1) is 7.52. The van der Waals surface area contributed by atoms with Crippen LogP contribution >= 0.6 is 0 Å². The summed E-state index contributed by atoms with van der Waals surface area (Å²) in [5.41, 5.74) is -0.674. The minimum atomic E-state index is -2.80. The van der Waals surface area contributed by atoms with Crippen LogP contribution in [-0.2, 0) is 24.1 Å². The van der Waals surface area contributed by atoms with E-state index in [2.05, 4.69) is 4.36 Å². The highest BCUT2D eigenvalue weighted by atomic mass is 32.2. The van der Waals surface area contributed by atoms with E-state index in [1.165, 1.54) is 13.2 Å². The van der Waals surface area contributed by atoms with Crippen molar-refractivity contribution in [3.05, 3.63) is 0 Å². The fraction of sp³-hybridized carbons (Fsp3) is 0.700. The minimum Gasteiger partial charge on any atom is -0.442 e. The lowest BCUT2D eigenvalue weighted by molar-refractivity contribution is -0.114. The van der Waals surface area contributed by atoms with Crippen LogP contribution in [-0.4, -0.2) is 40.5 Å². The van der Waals surface area contributed by atoms with Crippen molar-refractivity contribution in [2.45, 2.75) is 33.3 Å². The van der Waals surface area contributed by atoms with Crippen LogP contribution in [0.4, 0.5) is 4.79 Å². The van der Waals surface area contributed by atoms with Gasteiger partial charge in [0.05, 0.1) is 15.5 Å². The summed E-state index contributed by atoms with van der Waals surface area (Å²) in [7, 11) is -2.80. The molecule has 0 radical (unpaired) electrons. The Bertz CT molecular complexity index is 388. The monoisotopic (exact) mass is 265 g/mol. The van der Waals surface area contributed by atoms with Crippen molar-refractivity contribution < 1.29 is 23.3 Å². The van der Waals surface area contributed by atoms with Gasteiger partial charge in [-0.1, -0.05) is 0 Å². The predicted molar refractivity (Wildman–Crippen MR) is 65.4 cm³/mol. The van der Waals surface area contributed by atoms with Crippen molar-refractivity contribution >= 4 is 28.4 Å². The Kier molecular flexibility index (Phi) is 7.63. The van der Waals surface area contributed by atoms with Crippen molar-refractivity contribution in [3.63, 3.8) is 0 Å². The summed E-state index contributed by atoms with van der Waals surface area (Å²) < 4.78 is 19.8. The standard InChI is InChI=1S/C9H17NO4S.CH2O/c1-7(11)6-15(5,13)10-8(12)14-9(2,3)4;1-2/h6H2,1-5H3;1H2. The maximum absolute atomic E-state index is 11.6. The molecule has 1 unspecified atom stereocenters. The van der Waals surface area contributed by atoms with Crippen molar-refractivity contribution in [2.75, 3.05) is 12.0 Å². The average Bonchev–Trinajstić information content (AvgIpc) is 1.99. The van der Waals surface area contributed by atoms with Crippen molar-refractivity contribution in [1.29, 1.82) is 0 Å². The van der Waals surface area contributed by atoms with Gasteiger partial charge in [0, 0.05) is 6.26 Å². The number of hydrogen-bond acceptors (Lipinski definition) is 5. The van der Waals surface area contributed by atoms with Gasteiger partial charge in [-0.3, -0.25) is 4.79 Å². The number of ether oxygens (including phenoxy) is 1. The molecule has 0 aromatic heterocycles. The number of rotatable bonds is 2. The molecule has 0 fully saturated rings. The first-order valence-corrected chi connectivity index (χ1v) is 6.82. The molecule has 0 aliphatic carbocycles. The smallest absolute Gasteiger partial charge is 0.442 e. The molecule has 100 valence electrons. The largest absolute Gasteiger partial charge is 0.442 e. The van der Waals surface area contributed by atoms with Gasteiger partial charge in [0.25, 0.3) is 0 Å². The molecule has 0 aliphatic rings. The Morgan fingerprint density at radius 1 is 1.29 bits per heavy atom. The van der Waals surface area contributed by atoms with Gasteiger partial charge in [0.1, 0.15) is 18.2 Å². The lowest BCUT2D eigenvalue weighted by atomic mass is 10.2. The van der Waals surface area contributed by atoms with Gasteiger partial charge in [-0.2, -0.15) is 0 Å². The first kappa shape index (κ1) is 18.1. The zero-order valence-corrected chi connectivity index (χ0v) is 11.6. The van der Waals surface area contributed by atoms with Gasteiger partial charge in [-0.05, 0) is 27.7 Å². The zero-order chi connectivity index (χ0) is 14.3. The highest BCUT2D eigenvalue weighted by molar-refractivity contribution is 7.93. The van der Waals surface area contributed by atoms with E-state index >= 15 is 0 Å². The van der Waals surface area contributed by atoms with Crippen LogP contribution < -0.4 is 0 Å². The Hall–Kier alpha value is -1.24. The number of carbonyl (C=O) groups is 3. The van der Waals surface area contributed by atoms with Gasteiger partial charge in [0.15, 0.2) is 0 Å². The highest BCUT2D eigenvalue weighted by Gasteiger charge is 2.17. The van der Waals surface area contributed by atoms with Crippen LogP contribution in [0, 0.1) is 0 Å². The molecule has 6 nitrogen and oxygen atoms in total. The summed E-state index contributed by atoms with van der Waals surface area (Å²) in [5, 5.41) is 0. The van der Waals surface area contributed by atoms with Crippen molar-refractivity contribution in [1.82, 2.24) is 0 Å². The van der Waals surface area contributed by atoms with E-state index in [9.17, 15) is 13.8 Å². The molecule has 1 amide bonds. The molecular weight excluding hydrogens is 246 g/mol. The van der Waals surface area contributed by atoms with E-state index in [-0.39, 0.29) is 11.5 Å². The summed E-state index contributed by atoms with van der Waals surface area (Å²) in [6.07, 6.45) is 0.370. The predicted octanol–water partition coefficient (Wildman–Crippen LogP) is 1.42. The summed E-state index contributed by atoms with van der Waals surface area (Å²) in [5.74, 6) is -0.499. The van der Waals surface area contributed by atoms with E-state index in [0.29, 0.717) is 0 Å². The third kappa shape index (κ3) is 12.7. The first-order valence-electron chi connectivity index (χ1n) is 4.73. The quantitative estimate of drug-likeness (QED) is 0.753. The van der Waals surface area contributed by atoms with Gasteiger partial charge in [-0.25, -0.2) is 9.00 Å². The SMILES string of the molecule is C=O.CC(=O)CS(C)(=O)=NC(=O)OC(C)(C)C. The van der Waals surface area contributed by atoms with Crippen LogP contribution in [0.2, 0.25) is 0 Å². The summed E-state index contributed by atoms with van der Waals surface area (Å²) >= 11 is 0. The van der Waals surface area contributed by atoms with Crippen molar-refractivity contribution in [2.24, 2.45) is 4.36 Å².